The average Bonchev–Trinajstić information content (AvgIpc) is 2.45. The lowest BCUT2D eigenvalue weighted by molar-refractivity contribution is -0.870. The van der Waals surface area contributed by atoms with E-state index in [0.717, 1.165) is 16.8 Å². The number of nitrogens with zero attached hydrogens (tertiary/aromatic N) is 1. The van der Waals surface area contributed by atoms with E-state index in [1.54, 1.807) is 0 Å². The summed E-state index contributed by atoms with van der Waals surface area (Å²) in [5.74, 6) is 1.00. The fourth-order valence-corrected chi connectivity index (χ4v) is 2.57. The van der Waals surface area contributed by atoms with Gasteiger partial charge in [-0.25, -0.2) is 0 Å². The average molecular weight is 386 g/mol. The first kappa shape index (κ1) is 22.5. The molecule has 0 aliphatic rings. The summed E-state index contributed by atoms with van der Waals surface area (Å²) in [4.78, 5) is 0. The van der Waals surface area contributed by atoms with Gasteiger partial charge in [0.15, 0.2) is 0 Å². The van der Waals surface area contributed by atoms with Crippen LogP contribution in [0.15, 0.2) is 24.3 Å². The van der Waals surface area contributed by atoms with Crippen molar-refractivity contribution in [1.29, 1.82) is 0 Å². The van der Waals surface area contributed by atoms with Crippen LogP contribution in [0.25, 0.3) is 0 Å². The van der Waals surface area contributed by atoms with Crippen molar-refractivity contribution in [2.75, 3.05) is 34.3 Å². The summed E-state index contributed by atoms with van der Waals surface area (Å²) in [5, 5.41) is 0. The molecule has 1 rings (SSSR count). The molecule has 0 radical (unpaired) electrons. The van der Waals surface area contributed by atoms with Crippen molar-refractivity contribution in [2.45, 2.75) is 58.3 Å². The molecule has 0 fully saturated rings. The number of benzene rings is 1. The lowest BCUT2D eigenvalue weighted by Crippen LogP contribution is -3.00. The van der Waals surface area contributed by atoms with Gasteiger partial charge in [-0.2, -0.15) is 0 Å². The Morgan fingerprint density at radius 3 is 1.74 bits per heavy atom. The molecule has 0 aliphatic carbocycles. The number of rotatable bonds is 12. The van der Waals surface area contributed by atoms with E-state index < -0.39 is 0 Å². The van der Waals surface area contributed by atoms with Crippen LogP contribution >= 0.6 is 0 Å². The van der Waals surface area contributed by atoms with Crippen LogP contribution in [-0.2, 0) is 0 Å². The Hall–Kier alpha value is -0.540. The number of halogens is 1. The van der Waals surface area contributed by atoms with Crippen LogP contribution in [0.4, 0.5) is 0 Å². The van der Waals surface area contributed by atoms with E-state index in [4.69, 9.17) is 4.74 Å². The van der Waals surface area contributed by atoms with Gasteiger partial charge in [-0.05, 0) is 38.3 Å². The first-order valence-electron chi connectivity index (χ1n) is 8.97. The first-order valence-corrected chi connectivity index (χ1v) is 8.97. The molecule has 134 valence electrons. The Bertz CT molecular complexity index is 384. The first-order chi connectivity index (χ1) is 10.5. The lowest BCUT2D eigenvalue weighted by atomic mass is 10.1. The molecule has 0 saturated carbocycles. The van der Waals surface area contributed by atoms with E-state index in [1.807, 2.05) is 0 Å². The maximum Gasteiger partial charge on any atom is 0.119 e. The van der Waals surface area contributed by atoms with Crippen LogP contribution in [-0.4, -0.2) is 38.8 Å². The van der Waals surface area contributed by atoms with Crippen molar-refractivity contribution >= 4 is 0 Å². The monoisotopic (exact) mass is 385 g/mol. The predicted octanol–water partition coefficient (Wildman–Crippen LogP) is 2.20. The summed E-state index contributed by atoms with van der Waals surface area (Å²) >= 11 is 0. The molecule has 0 N–H and O–H groups in total. The Kier molecular flexibility index (Phi) is 12.5. The molecule has 0 saturated heterocycles. The molecule has 0 heterocycles. The lowest BCUT2D eigenvalue weighted by Gasteiger charge is -2.23. The zero-order chi connectivity index (χ0) is 16.3. The van der Waals surface area contributed by atoms with Crippen LogP contribution in [0.3, 0.4) is 0 Å². The predicted molar refractivity (Wildman–Crippen MR) is 96.5 cm³/mol. The number of hydrogen-bond acceptors (Lipinski definition) is 1. The van der Waals surface area contributed by atoms with Crippen molar-refractivity contribution < 1.29 is 26.2 Å². The van der Waals surface area contributed by atoms with Crippen molar-refractivity contribution in [2.24, 2.45) is 0 Å². The highest BCUT2D eigenvalue weighted by Gasteiger charge is 2.04. The molecular weight excluding hydrogens is 350 g/mol. The third-order valence-corrected chi connectivity index (χ3v) is 4.01. The Labute approximate surface area is 154 Å². The van der Waals surface area contributed by atoms with Crippen LogP contribution in [0.5, 0.6) is 5.75 Å². The molecule has 0 atom stereocenters. The van der Waals surface area contributed by atoms with Crippen LogP contribution < -0.4 is 21.7 Å². The van der Waals surface area contributed by atoms with E-state index in [0.29, 0.717) is 0 Å². The third kappa shape index (κ3) is 13.6. The topological polar surface area (TPSA) is 9.23 Å². The van der Waals surface area contributed by atoms with Gasteiger partial charge in [-0.3, -0.25) is 0 Å². The Morgan fingerprint density at radius 1 is 0.739 bits per heavy atom. The minimum atomic E-state index is 0. The minimum Gasteiger partial charge on any atom is -1.00 e. The number of quaternary nitrogens is 1. The summed E-state index contributed by atoms with van der Waals surface area (Å²) in [6.45, 7) is 4.26. The smallest absolute Gasteiger partial charge is 0.119 e. The second-order valence-electron chi connectivity index (χ2n) is 7.50. The van der Waals surface area contributed by atoms with Gasteiger partial charge in [-0.1, -0.05) is 49.8 Å². The largest absolute Gasteiger partial charge is 1.00 e. The number of unbranched alkanes of at least 4 members (excludes halogenated alkanes) is 7. The summed E-state index contributed by atoms with van der Waals surface area (Å²) in [6, 6.07) is 8.33. The second-order valence-corrected chi connectivity index (χ2v) is 7.50. The third-order valence-electron chi connectivity index (χ3n) is 4.01. The molecule has 0 aliphatic heterocycles. The van der Waals surface area contributed by atoms with Gasteiger partial charge in [0.1, 0.15) is 5.75 Å². The number of aryl methyl sites for hydroxylation is 1. The molecule has 1 aromatic carbocycles. The quantitative estimate of drug-likeness (QED) is 0.395. The van der Waals surface area contributed by atoms with Crippen LogP contribution in [0.2, 0.25) is 0 Å². The summed E-state index contributed by atoms with van der Waals surface area (Å²) in [7, 11) is 6.83. The molecule has 23 heavy (non-hydrogen) atoms. The minimum absolute atomic E-state index is 0. The SMILES string of the molecule is Cc1ccc(OCCCCCCCCCC[N+](C)(C)C)cc1.[Br-]. The Morgan fingerprint density at radius 2 is 1.22 bits per heavy atom. The maximum absolute atomic E-state index is 5.75. The van der Waals surface area contributed by atoms with Gasteiger partial charge in [-0.15, -0.1) is 0 Å². The maximum atomic E-state index is 5.75. The van der Waals surface area contributed by atoms with E-state index in [-0.39, 0.29) is 17.0 Å². The molecule has 2 nitrogen and oxygen atoms in total. The normalized spacial score (nSPS) is 11.1. The molecule has 0 amide bonds. The highest BCUT2D eigenvalue weighted by Crippen LogP contribution is 2.13. The van der Waals surface area contributed by atoms with E-state index in [1.165, 1.54) is 63.5 Å². The summed E-state index contributed by atoms with van der Waals surface area (Å²) in [5.41, 5.74) is 1.29. The molecule has 1 aromatic rings. The van der Waals surface area contributed by atoms with Gasteiger partial charge < -0.3 is 26.2 Å². The number of ether oxygens (including phenoxy) is 1. The van der Waals surface area contributed by atoms with Crippen molar-refractivity contribution in [3.63, 3.8) is 0 Å². The summed E-state index contributed by atoms with van der Waals surface area (Å²) in [6.07, 6.45) is 10.8. The van der Waals surface area contributed by atoms with Crippen LogP contribution in [0.1, 0.15) is 56.9 Å². The second kappa shape index (κ2) is 12.8. The van der Waals surface area contributed by atoms with Gasteiger partial charge in [0, 0.05) is 0 Å². The zero-order valence-corrected chi connectivity index (χ0v) is 17.2. The molecule has 0 unspecified atom stereocenters. The van der Waals surface area contributed by atoms with E-state index in [9.17, 15) is 0 Å². The van der Waals surface area contributed by atoms with E-state index in [2.05, 4.69) is 52.3 Å². The van der Waals surface area contributed by atoms with Gasteiger partial charge in [0.05, 0.1) is 34.3 Å². The van der Waals surface area contributed by atoms with Crippen molar-refractivity contribution in [1.82, 2.24) is 0 Å². The molecular formula is C20H36BrNO. The van der Waals surface area contributed by atoms with Gasteiger partial charge in [0.25, 0.3) is 0 Å². The van der Waals surface area contributed by atoms with Crippen LogP contribution in [0, 0.1) is 6.92 Å². The van der Waals surface area contributed by atoms with Gasteiger partial charge >= 0.3 is 0 Å². The molecule has 0 aromatic heterocycles. The molecule has 3 heteroatoms. The van der Waals surface area contributed by atoms with Crippen molar-refractivity contribution in [3.8, 4) is 5.75 Å². The molecule has 0 spiro atoms. The van der Waals surface area contributed by atoms with Crippen molar-refractivity contribution in [3.05, 3.63) is 29.8 Å². The highest BCUT2D eigenvalue weighted by molar-refractivity contribution is 5.26. The summed E-state index contributed by atoms with van der Waals surface area (Å²) < 4.78 is 6.85. The molecule has 0 bridgehead atoms. The Balaban J connectivity index is 0.00000484. The zero-order valence-electron chi connectivity index (χ0n) is 15.6. The fraction of sp³-hybridized carbons (Fsp3) is 0.700. The number of hydrogen-bond donors (Lipinski definition) is 0. The van der Waals surface area contributed by atoms with E-state index >= 15 is 0 Å². The fourth-order valence-electron chi connectivity index (χ4n) is 2.57. The highest BCUT2D eigenvalue weighted by atomic mass is 79.9. The standard InChI is InChI=1S/C20H36NO.BrH/c1-19-13-15-20(16-14-19)22-18-12-10-8-6-5-7-9-11-17-21(2,3)4;/h13-16H,5-12,17-18H2,1-4H3;1H/q+1;/p-1. The van der Waals surface area contributed by atoms with Gasteiger partial charge in [0.2, 0.25) is 0 Å².